The molecule has 0 spiro atoms. The van der Waals surface area contributed by atoms with E-state index in [1.165, 1.54) is 14.2 Å². The van der Waals surface area contributed by atoms with Crippen molar-refractivity contribution >= 4 is 27.3 Å². The van der Waals surface area contributed by atoms with Gasteiger partial charge in [-0.25, -0.2) is 8.42 Å². The molecule has 152 valence electrons. The van der Waals surface area contributed by atoms with Crippen LogP contribution in [0.25, 0.3) is 0 Å². The predicted octanol–water partition coefficient (Wildman–Crippen LogP) is 3.06. The number of ether oxygens (including phenoxy) is 2. The summed E-state index contributed by atoms with van der Waals surface area (Å²) in [7, 11) is -0.670. The van der Waals surface area contributed by atoms with Crippen LogP contribution in [0.4, 0.5) is 11.4 Å². The summed E-state index contributed by atoms with van der Waals surface area (Å²) in [5.74, 6) is 0.517. The first-order chi connectivity index (χ1) is 13.2. The molecule has 0 bridgehead atoms. The van der Waals surface area contributed by atoms with Crippen molar-refractivity contribution in [3.05, 3.63) is 48.0 Å². The van der Waals surface area contributed by atoms with Crippen LogP contribution in [-0.2, 0) is 21.2 Å². The molecule has 0 unspecified atom stereocenters. The molecule has 0 fully saturated rings. The molecule has 7 nitrogen and oxygen atoms in total. The van der Waals surface area contributed by atoms with E-state index in [1.807, 2.05) is 19.1 Å². The Morgan fingerprint density at radius 3 is 2.25 bits per heavy atom. The molecular formula is C20H26N2O5S. The molecule has 0 aliphatic heterocycles. The van der Waals surface area contributed by atoms with Gasteiger partial charge < -0.3 is 14.8 Å². The van der Waals surface area contributed by atoms with E-state index in [1.54, 1.807) is 37.3 Å². The van der Waals surface area contributed by atoms with Crippen molar-refractivity contribution < 1.29 is 22.7 Å². The number of benzene rings is 2. The first-order valence-electron chi connectivity index (χ1n) is 8.82. The zero-order valence-electron chi connectivity index (χ0n) is 16.7. The Bertz CT molecular complexity index is 926. The highest BCUT2D eigenvalue weighted by atomic mass is 32.2. The molecule has 1 atom stereocenters. The maximum Gasteiger partial charge on any atom is 0.248 e. The summed E-state index contributed by atoms with van der Waals surface area (Å²) in [6, 6.07) is 11.1. The van der Waals surface area contributed by atoms with Gasteiger partial charge in [0, 0.05) is 6.07 Å². The number of nitrogens with zero attached hydrogens (tertiary/aromatic N) is 1. The predicted molar refractivity (Wildman–Crippen MR) is 111 cm³/mol. The lowest BCUT2D eigenvalue weighted by Gasteiger charge is -2.28. The zero-order valence-corrected chi connectivity index (χ0v) is 17.5. The molecule has 8 heteroatoms. The standard InChI is InChI=1S/C20H26N2O5S/c1-6-15-7-9-16(10-8-15)22(28(5,24)25)14(2)20(23)21-18-12-11-17(26-3)13-19(18)27-4/h7-14H,6H2,1-5H3,(H,21,23)/t14-/m0/s1. The monoisotopic (exact) mass is 406 g/mol. The maximum absolute atomic E-state index is 12.8. The molecule has 0 radical (unpaired) electrons. The van der Waals surface area contributed by atoms with E-state index in [0.717, 1.165) is 22.5 Å². The summed E-state index contributed by atoms with van der Waals surface area (Å²) >= 11 is 0. The van der Waals surface area contributed by atoms with Gasteiger partial charge in [-0.3, -0.25) is 9.10 Å². The van der Waals surface area contributed by atoms with Crippen LogP contribution in [0.15, 0.2) is 42.5 Å². The number of carbonyl (C=O) groups is 1. The Morgan fingerprint density at radius 1 is 1.11 bits per heavy atom. The number of rotatable bonds is 8. The van der Waals surface area contributed by atoms with E-state index in [4.69, 9.17) is 9.47 Å². The summed E-state index contributed by atoms with van der Waals surface area (Å²) in [5, 5.41) is 2.73. The average molecular weight is 407 g/mol. The van der Waals surface area contributed by atoms with Crippen molar-refractivity contribution in [2.24, 2.45) is 0 Å². The van der Waals surface area contributed by atoms with Crippen LogP contribution in [0.5, 0.6) is 11.5 Å². The number of hydrogen-bond donors (Lipinski definition) is 1. The van der Waals surface area contributed by atoms with E-state index in [0.29, 0.717) is 22.9 Å². The number of aryl methyl sites for hydroxylation is 1. The zero-order chi connectivity index (χ0) is 20.9. The number of methoxy groups -OCH3 is 2. The molecule has 0 aliphatic carbocycles. The molecule has 2 aromatic carbocycles. The van der Waals surface area contributed by atoms with Gasteiger partial charge in [-0.2, -0.15) is 0 Å². The van der Waals surface area contributed by atoms with Crippen LogP contribution in [-0.4, -0.2) is 40.8 Å². The first-order valence-corrected chi connectivity index (χ1v) is 10.7. The van der Waals surface area contributed by atoms with Crippen LogP contribution >= 0.6 is 0 Å². The van der Waals surface area contributed by atoms with Crippen LogP contribution in [0.3, 0.4) is 0 Å². The van der Waals surface area contributed by atoms with Crippen LogP contribution in [0.2, 0.25) is 0 Å². The minimum absolute atomic E-state index is 0.415. The Morgan fingerprint density at radius 2 is 1.75 bits per heavy atom. The fourth-order valence-corrected chi connectivity index (χ4v) is 4.00. The van der Waals surface area contributed by atoms with Gasteiger partial charge in [0.15, 0.2) is 0 Å². The number of amides is 1. The number of anilines is 2. The van der Waals surface area contributed by atoms with Gasteiger partial charge in [-0.05, 0) is 43.2 Å². The molecule has 0 aromatic heterocycles. The molecule has 2 aromatic rings. The van der Waals surface area contributed by atoms with E-state index >= 15 is 0 Å². The number of nitrogens with one attached hydrogen (secondary N) is 1. The molecule has 0 heterocycles. The van der Waals surface area contributed by atoms with Crippen molar-refractivity contribution in [2.75, 3.05) is 30.1 Å². The van der Waals surface area contributed by atoms with Crippen LogP contribution < -0.4 is 19.1 Å². The summed E-state index contributed by atoms with van der Waals surface area (Å²) in [5.41, 5.74) is 1.94. The summed E-state index contributed by atoms with van der Waals surface area (Å²) < 4.78 is 36.3. The Hall–Kier alpha value is -2.74. The highest BCUT2D eigenvalue weighted by Crippen LogP contribution is 2.30. The molecular weight excluding hydrogens is 380 g/mol. The minimum Gasteiger partial charge on any atom is -0.497 e. The highest BCUT2D eigenvalue weighted by molar-refractivity contribution is 7.92. The summed E-state index contributed by atoms with van der Waals surface area (Å²) in [6.07, 6.45) is 1.92. The largest absolute Gasteiger partial charge is 0.497 e. The van der Waals surface area contributed by atoms with Gasteiger partial charge >= 0.3 is 0 Å². The van der Waals surface area contributed by atoms with E-state index in [9.17, 15) is 13.2 Å². The minimum atomic E-state index is -3.68. The lowest BCUT2D eigenvalue weighted by molar-refractivity contribution is -0.116. The number of hydrogen-bond acceptors (Lipinski definition) is 5. The van der Waals surface area contributed by atoms with E-state index in [2.05, 4.69) is 5.32 Å². The molecule has 2 rings (SSSR count). The Labute approximate surface area is 166 Å². The van der Waals surface area contributed by atoms with Crippen LogP contribution in [0, 0.1) is 0 Å². The van der Waals surface area contributed by atoms with Crippen molar-refractivity contribution in [2.45, 2.75) is 26.3 Å². The third kappa shape index (κ3) is 4.95. The summed E-state index contributed by atoms with van der Waals surface area (Å²) in [4.78, 5) is 12.8. The molecule has 0 aliphatic rings. The Balaban J connectivity index is 2.31. The lowest BCUT2D eigenvalue weighted by Crippen LogP contribution is -2.45. The second-order valence-corrected chi connectivity index (χ2v) is 8.17. The highest BCUT2D eigenvalue weighted by Gasteiger charge is 2.29. The van der Waals surface area contributed by atoms with Gasteiger partial charge in [0.05, 0.1) is 31.9 Å². The van der Waals surface area contributed by atoms with E-state index in [-0.39, 0.29) is 0 Å². The van der Waals surface area contributed by atoms with Gasteiger partial charge in [0.1, 0.15) is 17.5 Å². The molecule has 0 saturated heterocycles. The molecule has 0 saturated carbocycles. The lowest BCUT2D eigenvalue weighted by atomic mass is 10.1. The van der Waals surface area contributed by atoms with Gasteiger partial charge in [-0.15, -0.1) is 0 Å². The summed E-state index contributed by atoms with van der Waals surface area (Å²) in [6.45, 7) is 3.56. The average Bonchev–Trinajstić information content (AvgIpc) is 2.67. The first kappa shape index (κ1) is 21.6. The van der Waals surface area contributed by atoms with Gasteiger partial charge in [0.2, 0.25) is 15.9 Å². The molecule has 28 heavy (non-hydrogen) atoms. The van der Waals surface area contributed by atoms with Gasteiger partial charge in [0.25, 0.3) is 0 Å². The smallest absolute Gasteiger partial charge is 0.248 e. The third-order valence-electron chi connectivity index (χ3n) is 4.35. The molecule has 1 amide bonds. The Kier molecular flexibility index (Phi) is 6.90. The fourth-order valence-electron chi connectivity index (χ4n) is 2.83. The van der Waals surface area contributed by atoms with Crippen molar-refractivity contribution in [1.82, 2.24) is 0 Å². The van der Waals surface area contributed by atoms with Crippen LogP contribution in [0.1, 0.15) is 19.4 Å². The quantitative estimate of drug-likeness (QED) is 0.728. The number of carbonyl (C=O) groups excluding carboxylic acids is 1. The second-order valence-electron chi connectivity index (χ2n) is 6.31. The van der Waals surface area contributed by atoms with Crippen molar-refractivity contribution in [3.63, 3.8) is 0 Å². The second kappa shape index (κ2) is 8.97. The third-order valence-corrected chi connectivity index (χ3v) is 5.60. The normalized spacial score (nSPS) is 12.2. The SMILES string of the molecule is CCc1ccc(N([C@@H](C)C(=O)Nc2ccc(OC)cc2OC)S(C)(=O)=O)cc1. The van der Waals surface area contributed by atoms with Crippen molar-refractivity contribution in [1.29, 1.82) is 0 Å². The fraction of sp³-hybridized carbons (Fsp3) is 0.350. The number of sulfonamides is 1. The molecule has 1 N–H and O–H groups in total. The van der Waals surface area contributed by atoms with E-state index < -0.39 is 22.0 Å². The van der Waals surface area contributed by atoms with Gasteiger partial charge in [-0.1, -0.05) is 19.1 Å². The maximum atomic E-state index is 12.8. The van der Waals surface area contributed by atoms with Crippen molar-refractivity contribution in [3.8, 4) is 11.5 Å². The topological polar surface area (TPSA) is 84.9 Å².